The fourth-order valence-corrected chi connectivity index (χ4v) is 7.94. The summed E-state index contributed by atoms with van der Waals surface area (Å²) in [5.74, 6) is -8.26. The van der Waals surface area contributed by atoms with E-state index in [9.17, 15) is 57.8 Å². The van der Waals surface area contributed by atoms with Gasteiger partial charge in [0.1, 0.15) is 31.5 Å². The molecule has 8 amide bonds. The fourth-order valence-electron chi connectivity index (χ4n) is 7.94. The van der Waals surface area contributed by atoms with Gasteiger partial charge in [0.15, 0.2) is 5.60 Å². The number of aliphatic hydroxyl groups is 1. The molecule has 1 aromatic carbocycles. The lowest BCUT2D eigenvalue weighted by molar-refractivity contribution is -0.172. The van der Waals surface area contributed by atoms with Gasteiger partial charge in [-0.3, -0.25) is 57.8 Å². The first kappa shape index (κ1) is 60.7. The van der Waals surface area contributed by atoms with Crippen LogP contribution in [0.3, 0.4) is 0 Å². The molecule has 0 fully saturated rings. The number of cyclic esters (lactones) is 1. The Morgan fingerprint density at radius 1 is 0.842 bits per heavy atom. The predicted molar refractivity (Wildman–Crippen MR) is 272 cm³/mol. The van der Waals surface area contributed by atoms with Gasteiger partial charge < -0.3 is 61.9 Å². The number of nitrogens with zero attached hydrogens (tertiary/aromatic N) is 2. The van der Waals surface area contributed by atoms with Crippen molar-refractivity contribution in [3.63, 3.8) is 0 Å². The number of aliphatic imine (C=N–C) groups is 1. The quantitative estimate of drug-likeness (QED) is 0.0184. The van der Waals surface area contributed by atoms with E-state index in [1.165, 1.54) is 0 Å². The Labute approximate surface area is 438 Å². The maximum Gasteiger partial charge on any atom is 0.343 e. The first-order chi connectivity index (χ1) is 36.2. The third-order valence-electron chi connectivity index (χ3n) is 12.3. The number of aromatic nitrogens is 1. The number of H-pyrrole nitrogens is 1. The van der Waals surface area contributed by atoms with E-state index in [1.54, 1.807) is 50.2 Å². The van der Waals surface area contributed by atoms with Crippen molar-refractivity contribution in [3.8, 4) is 0 Å². The highest BCUT2D eigenvalue weighted by Gasteiger charge is 2.44. The number of allylic oxidation sites excluding steroid dienone is 1. The second kappa shape index (κ2) is 29.9. The van der Waals surface area contributed by atoms with Crippen molar-refractivity contribution in [1.29, 1.82) is 0 Å². The Balaban J connectivity index is 1.30. The lowest BCUT2D eigenvalue weighted by atomic mass is 9.85. The number of rotatable bonds is 32. The van der Waals surface area contributed by atoms with Crippen LogP contribution in [-0.4, -0.2) is 149 Å². The van der Waals surface area contributed by atoms with Gasteiger partial charge in [0.05, 0.1) is 43.1 Å². The number of imide groups is 1. The molecule has 2 aliphatic rings. The van der Waals surface area contributed by atoms with Crippen LogP contribution in [0.25, 0.3) is 0 Å². The number of carbonyl (C=O) groups excluding carboxylic acids is 9. The highest BCUT2D eigenvalue weighted by atomic mass is 16.6. The molecule has 412 valence electrons. The number of carboxylic acid groups (broad SMARTS) is 1. The van der Waals surface area contributed by atoms with Crippen molar-refractivity contribution in [1.82, 2.24) is 47.1 Å². The van der Waals surface area contributed by atoms with Crippen molar-refractivity contribution in [2.24, 2.45) is 4.99 Å². The zero-order valence-electron chi connectivity index (χ0n) is 43.0. The second-order valence-electron chi connectivity index (χ2n) is 17.8. The number of ether oxygens (including phenoxy) is 2. The molecule has 0 radical (unpaired) electrons. The predicted octanol–water partition coefficient (Wildman–Crippen LogP) is -0.890. The fraction of sp³-hybridized carbons (Fsp3) is 0.490. The number of hydrogen-bond acceptors (Lipinski definition) is 16. The lowest BCUT2D eigenvalue weighted by Gasteiger charge is -2.31. The molecule has 0 bridgehead atoms. The summed E-state index contributed by atoms with van der Waals surface area (Å²) < 4.78 is 10.9. The summed E-state index contributed by atoms with van der Waals surface area (Å²) in [4.78, 5) is 148. The first-order valence-electron chi connectivity index (χ1n) is 25.0. The molecule has 1 aromatic heterocycles. The van der Waals surface area contributed by atoms with Gasteiger partial charge in [0.2, 0.25) is 35.4 Å². The van der Waals surface area contributed by atoms with Crippen LogP contribution in [0, 0.1) is 0 Å². The molecule has 2 aliphatic heterocycles. The van der Waals surface area contributed by atoms with Crippen LogP contribution in [-0.2, 0) is 76.0 Å². The Bertz CT molecular complexity index is 2580. The molecule has 0 aliphatic carbocycles. The van der Waals surface area contributed by atoms with Gasteiger partial charge in [0.25, 0.3) is 17.4 Å². The molecule has 2 aromatic rings. The number of fused-ring (bicyclic) bond motifs is 1. The van der Waals surface area contributed by atoms with Crippen molar-refractivity contribution in [2.45, 2.75) is 122 Å². The molecule has 10 N–H and O–H groups in total. The van der Waals surface area contributed by atoms with Crippen LogP contribution in [0.2, 0.25) is 0 Å². The number of benzene rings is 1. The summed E-state index contributed by atoms with van der Waals surface area (Å²) >= 11 is 0. The Hall–Kier alpha value is -7.90. The van der Waals surface area contributed by atoms with Crippen LogP contribution >= 0.6 is 0 Å². The molecule has 3 heterocycles. The molecule has 0 saturated carbocycles. The van der Waals surface area contributed by atoms with Crippen molar-refractivity contribution in [3.05, 3.63) is 93.6 Å². The van der Waals surface area contributed by atoms with Gasteiger partial charge in [-0.05, 0) is 50.2 Å². The van der Waals surface area contributed by atoms with E-state index in [0.29, 0.717) is 41.1 Å². The molecule has 25 heteroatoms. The maximum absolute atomic E-state index is 13.6. The Morgan fingerprint density at radius 2 is 1.50 bits per heavy atom. The van der Waals surface area contributed by atoms with E-state index in [2.05, 4.69) is 53.8 Å². The van der Waals surface area contributed by atoms with Gasteiger partial charge >= 0.3 is 11.9 Å². The van der Waals surface area contributed by atoms with Crippen molar-refractivity contribution >= 4 is 64.9 Å². The largest absolute Gasteiger partial charge is 0.480 e. The number of hydrogen-bond donors (Lipinski definition) is 10. The summed E-state index contributed by atoms with van der Waals surface area (Å²) in [7, 11) is 0. The van der Waals surface area contributed by atoms with Crippen LogP contribution in [0.1, 0.15) is 101 Å². The molecule has 25 nitrogen and oxygen atoms in total. The third-order valence-corrected chi connectivity index (χ3v) is 12.3. The van der Waals surface area contributed by atoms with Crippen molar-refractivity contribution in [2.75, 3.05) is 39.5 Å². The number of carboxylic acids is 1. The van der Waals surface area contributed by atoms with Crippen LogP contribution in [0.15, 0.2) is 70.6 Å². The normalized spacial score (nSPS) is 16.6. The lowest BCUT2D eigenvalue weighted by Crippen LogP contribution is -2.56. The number of carbonyl (C=O) groups is 10. The zero-order chi connectivity index (χ0) is 56.0. The summed E-state index contributed by atoms with van der Waals surface area (Å²) in [6.07, 6.45) is 4.38. The van der Waals surface area contributed by atoms with E-state index >= 15 is 0 Å². The van der Waals surface area contributed by atoms with E-state index in [4.69, 9.17) is 14.6 Å². The van der Waals surface area contributed by atoms with E-state index < -0.39 is 128 Å². The standard InChI is InChI=1S/C51H68N10O15/c1-6-10-16-32(17-18-35(57-30(5)7-2)36-22-34-33(46(69)60-36)28-75-50(73)51(34,74)9-4)58-49(72)39(8-3)76-29-56-41(63)25-54-47(70)37(21-31-14-12-11-13-15-31)59-42(64)26-53-40(62)24-55-48(71)38(23-52-27-45(67)68)61-43(65)19-20-44(61)66/h11-15,19-20,22,32,37-39,52,74H,5-10,16-18,21,23-29H2,1-4H3,(H,53,62)(H,54,70)(H,55,71)(H,56,63)(H,58,72)(H,59,64)(H,60,69)(H,67,68)/t32-,37-,38-,39-,51-/m0/s1. The number of unbranched alkanes of at least 4 members (excludes halogenated alkanes) is 1. The molecule has 5 atom stereocenters. The zero-order valence-corrected chi connectivity index (χ0v) is 43.0. The summed E-state index contributed by atoms with van der Waals surface area (Å²) in [5, 5.41) is 37.7. The minimum atomic E-state index is -2.02. The number of pyridine rings is 1. The van der Waals surface area contributed by atoms with Crippen LogP contribution < -0.4 is 42.8 Å². The summed E-state index contributed by atoms with van der Waals surface area (Å²) in [6, 6.07) is 7.04. The highest BCUT2D eigenvalue weighted by molar-refractivity contribution is 6.15. The molecular weight excluding hydrogens is 993 g/mol. The molecule has 4 rings (SSSR count). The maximum atomic E-state index is 13.6. The molecule has 0 saturated heterocycles. The average Bonchev–Trinajstić information content (AvgIpc) is 3.74. The van der Waals surface area contributed by atoms with Gasteiger partial charge in [-0.15, -0.1) is 0 Å². The van der Waals surface area contributed by atoms with E-state index in [-0.39, 0.29) is 55.2 Å². The molecule has 76 heavy (non-hydrogen) atoms. The smallest absolute Gasteiger partial charge is 0.343 e. The van der Waals surface area contributed by atoms with Gasteiger partial charge in [-0.1, -0.05) is 77.4 Å². The van der Waals surface area contributed by atoms with Crippen molar-refractivity contribution < 1.29 is 67.6 Å². The summed E-state index contributed by atoms with van der Waals surface area (Å²) in [5.41, 5.74) is -0.377. The number of aliphatic carboxylic acids is 1. The number of amides is 8. The molecular formula is C51H68N10O15. The van der Waals surface area contributed by atoms with Gasteiger partial charge in [-0.2, -0.15) is 0 Å². The van der Waals surface area contributed by atoms with E-state index in [1.807, 2.05) is 13.8 Å². The minimum Gasteiger partial charge on any atom is -0.480 e. The monoisotopic (exact) mass is 1060 g/mol. The molecule has 0 spiro atoms. The number of esters is 1. The topological polar surface area (TPSA) is 362 Å². The molecule has 0 unspecified atom stereocenters. The Kier molecular flexibility index (Phi) is 23.8. The van der Waals surface area contributed by atoms with Crippen LogP contribution in [0.4, 0.5) is 0 Å². The average molecular weight is 1060 g/mol. The number of aromatic amines is 1. The SMILES string of the molecule is C=C(CC)N=C(CC[C@H](CCCC)NC(=O)[C@H](CC)OCNC(=O)CNC(=O)[C@H](Cc1ccccc1)NC(=O)CNC(=O)CNC(=O)[C@H](CNCC(=O)O)N1C(=O)C=CC1=O)c1cc2c(c(=O)[nH]1)COC(=O)[C@]2(O)CC. The highest BCUT2D eigenvalue weighted by Crippen LogP contribution is 2.33. The first-order valence-corrected chi connectivity index (χ1v) is 25.0. The van der Waals surface area contributed by atoms with Crippen LogP contribution in [0.5, 0.6) is 0 Å². The van der Waals surface area contributed by atoms with E-state index in [0.717, 1.165) is 25.0 Å². The number of nitrogens with one attached hydrogen (secondary N) is 8. The summed E-state index contributed by atoms with van der Waals surface area (Å²) in [6.45, 7) is 7.59. The minimum absolute atomic E-state index is 0.0171. The third kappa shape index (κ3) is 17.9. The van der Waals surface area contributed by atoms with Gasteiger partial charge in [-0.25, -0.2) is 4.79 Å². The second-order valence-corrected chi connectivity index (χ2v) is 17.8. The van der Waals surface area contributed by atoms with Gasteiger partial charge in [0, 0.05) is 42.4 Å². The Morgan fingerprint density at radius 3 is 2.13 bits per heavy atom.